The van der Waals surface area contributed by atoms with E-state index >= 15 is 0 Å². The zero-order valence-corrected chi connectivity index (χ0v) is 13.9. The summed E-state index contributed by atoms with van der Waals surface area (Å²) in [7, 11) is 0. The van der Waals surface area contributed by atoms with Crippen molar-refractivity contribution < 1.29 is 37.2 Å². The lowest BCUT2D eigenvalue weighted by Gasteiger charge is -2.13. The van der Waals surface area contributed by atoms with Crippen LogP contribution in [0.15, 0.2) is 28.8 Å². The number of hydroxylamine groups is 1. The summed E-state index contributed by atoms with van der Waals surface area (Å²) < 4.78 is 41.5. The molecule has 146 valence electrons. The predicted octanol–water partition coefficient (Wildman–Crippen LogP) is 1.48. The summed E-state index contributed by atoms with van der Waals surface area (Å²) in [6.45, 7) is 1.30. The molecule has 1 aromatic carbocycles. The fourth-order valence-corrected chi connectivity index (χ4v) is 1.86. The molecule has 0 radical (unpaired) electrons. The highest BCUT2D eigenvalue weighted by Gasteiger charge is 2.38. The lowest BCUT2D eigenvalue weighted by molar-refractivity contribution is -0.159. The molecule has 0 fully saturated rings. The molecule has 3 N–H and O–H groups in total. The van der Waals surface area contributed by atoms with E-state index in [0.29, 0.717) is 0 Å². The molecular weight excluding hydrogens is 373 g/mol. The maximum absolute atomic E-state index is 12.5. The molecule has 2 aromatic rings. The van der Waals surface area contributed by atoms with Crippen LogP contribution in [0.1, 0.15) is 23.2 Å². The van der Waals surface area contributed by atoms with Crippen molar-refractivity contribution in [2.75, 3.05) is 13.2 Å². The Bertz CT molecular complexity index is 791. The molecule has 1 aromatic heterocycles. The van der Waals surface area contributed by atoms with Gasteiger partial charge in [0.2, 0.25) is 5.82 Å². The summed E-state index contributed by atoms with van der Waals surface area (Å²) >= 11 is 0. The first-order chi connectivity index (χ1) is 12.7. The number of hydrogen-bond acceptors (Lipinski definition) is 7. The standard InChI is InChI=1S/C15H15F3N4O5/c1-8(21-26-7-11(23)24)6-19-13(25)10-4-2-9(3-5-10)12-20-14(27-22-12)15(16,17)18/h2-5,8,21H,6-7H2,1H3,(H,19,25)(H,23,24). The topological polar surface area (TPSA) is 127 Å². The number of benzene rings is 1. The van der Waals surface area contributed by atoms with Crippen LogP contribution in [0, 0.1) is 0 Å². The lowest BCUT2D eigenvalue weighted by Crippen LogP contribution is -2.39. The van der Waals surface area contributed by atoms with E-state index in [9.17, 15) is 22.8 Å². The van der Waals surface area contributed by atoms with Gasteiger partial charge >= 0.3 is 18.0 Å². The number of carbonyl (C=O) groups is 2. The number of halogens is 3. The van der Waals surface area contributed by atoms with Gasteiger partial charge < -0.3 is 14.9 Å². The highest BCUT2D eigenvalue weighted by molar-refractivity contribution is 5.94. The van der Waals surface area contributed by atoms with Crippen molar-refractivity contribution in [1.29, 1.82) is 0 Å². The van der Waals surface area contributed by atoms with E-state index in [1.54, 1.807) is 6.92 Å². The summed E-state index contributed by atoms with van der Waals surface area (Å²) in [5, 5.41) is 14.3. The number of rotatable bonds is 8. The van der Waals surface area contributed by atoms with E-state index in [1.807, 2.05) is 0 Å². The van der Waals surface area contributed by atoms with E-state index < -0.39 is 30.6 Å². The lowest BCUT2D eigenvalue weighted by atomic mass is 10.1. The summed E-state index contributed by atoms with van der Waals surface area (Å²) in [5.74, 6) is -3.27. The fourth-order valence-electron chi connectivity index (χ4n) is 1.86. The van der Waals surface area contributed by atoms with Crippen LogP contribution in [0.4, 0.5) is 13.2 Å². The molecule has 2 rings (SSSR count). The molecule has 0 bridgehead atoms. The average Bonchev–Trinajstić information content (AvgIpc) is 3.10. The number of alkyl halides is 3. The average molecular weight is 388 g/mol. The first-order valence-corrected chi connectivity index (χ1v) is 7.55. The van der Waals surface area contributed by atoms with Gasteiger partial charge in [0.1, 0.15) is 0 Å². The summed E-state index contributed by atoms with van der Waals surface area (Å²) in [5.41, 5.74) is 2.97. The normalized spacial score (nSPS) is 12.6. The van der Waals surface area contributed by atoms with Gasteiger partial charge in [-0.2, -0.15) is 23.6 Å². The summed E-state index contributed by atoms with van der Waals surface area (Å²) in [6.07, 6.45) is -4.73. The van der Waals surface area contributed by atoms with Gasteiger partial charge in [-0.1, -0.05) is 17.3 Å². The Balaban J connectivity index is 1.90. The third kappa shape index (κ3) is 6.04. The second kappa shape index (κ2) is 8.60. The van der Waals surface area contributed by atoms with Crippen LogP contribution in [0.5, 0.6) is 0 Å². The largest absolute Gasteiger partial charge is 0.479 e. The van der Waals surface area contributed by atoms with E-state index in [1.165, 1.54) is 24.3 Å². The monoisotopic (exact) mass is 388 g/mol. The van der Waals surface area contributed by atoms with Gasteiger partial charge in [0.25, 0.3) is 5.91 Å². The molecule has 9 nitrogen and oxygen atoms in total. The number of carboxylic acid groups (broad SMARTS) is 1. The number of hydrogen-bond donors (Lipinski definition) is 3. The molecular formula is C15H15F3N4O5. The van der Waals surface area contributed by atoms with E-state index in [0.717, 1.165) is 0 Å². The second-order valence-electron chi connectivity index (χ2n) is 5.41. The number of carbonyl (C=O) groups excluding carboxylic acids is 1. The van der Waals surface area contributed by atoms with Crippen molar-refractivity contribution in [3.05, 3.63) is 35.7 Å². The SMILES string of the molecule is CC(CNC(=O)c1ccc(-c2noc(C(F)(F)F)n2)cc1)NOCC(=O)O. The zero-order chi connectivity index (χ0) is 20.0. The van der Waals surface area contributed by atoms with Crippen molar-refractivity contribution in [2.24, 2.45) is 0 Å². The molecule has 0 saturated carbocycles. The Hall–Kier alpha value is -2.99. The Morgan fingerprint density at radius 2 is 1.96 bits per heavy atom. The van der Waals surface area contributed by atoms with Crippen molar-refractivity contribution in [2.45, 2.75) is 19.1 Å². The second-order valence-corrected chi connectivity index (χ2v) is 5.41. The Morgan fingerprint density at radius 1 is 1.30 bits per heavy atom. The molecule has 0 aliphatic carbocycles. The van der Waals surface area contributed by atoms with Crippen LogP contribution in [0.25, 0.3) is 11.4 Å². The minimum atomic E-state index is -4.73. The minimum Gasteiger partial charge on any atom is -0.479 e. The Kier molecular flexibility index (Phi) is 6.47. The first kappa shape index (κ1) is 20.3. The maximum Gasteiger partial charge on any atom is 0.471 e. The van der Waals surface area contributed by atoms with Gasteiger partial charge in [-0.25, -0.2) is 4.79 Å². The smallest absolute Gasteiger partial charge is 0.471 e. The number of carboxylic acids is 1. The van der Waals surface area contributed by atoms with Gasteiger partial charge in [0, 0.05) is 23.7 Å². The maximum atomic E-state index is 12.5. The highest BCUT2D eigenvalue weighted by atomic mass is 19.4. The molecule has 1 atom stereocenters. The van der Waals surface area contributed by atoms with Crippen LogP contribution in [-0.2, 0) is 15.8 Å². The Labute approximate surface area is 150 Å². The van der Waals surface area contributed by atoms with E-state index in [2.05, 4.69) is 30.3 Å². The van der Waals surface area contributed by atoms with Gasteiger partial charge in [-0.3, -0.25) is 9.63 Å². The molecule has 0 saturated heterocycles. The third-order valence-electron chi connectivity index (χ3n) is 3.12. The van der Waals surface area contributed by atoms with Gasteiger partial charge in [-0.05, 0) is 19.1 Å². The number of nitrogens with one attached hydrogen (secondary N) is 2. The van der Waals surface area contributed by atoms with Crippen molar-refractivity contribution in [1.82, 2.24) is 20.9 Å². The highest BCUT2D eigenvalue weighted by Crippen LogP contribution is 2.29. The van der Waals surface area contributed by atoms with Crippen LogP contribution >= 0.6 is 0 Å². The zero-order valence-electron chi connectivity index (χ0n) is 13.9. The van der Waals surface area contributed by atoms with Gasteiger partial charge in [0.15, 0.2) is 6.61 Å². The van der Waals surface area contributed by atoms with E-state index in [-0.39, 0.29) is 29.5 Å². The molecule has 1 heterocycles. The molecule has 1 unspecified atom stereocenters. The number of aliphatic carboxylic acids is 1. The van der Waals surface area contributed by atoms with Crippen molar-refractivity contribution in [3.63, 3.8) is 0 Å². The fraction of sp³-hybridized carbons (Fsp3) is 0.333. The molecule has 12 heteroatoms. The first-order valence-electron chi connectivity index (χ1n) is 7.55. The summed E-state index contributed by atoms with van der Waals surface area (Å²) in [6, 6.07) is 5.21. The molecule has 0 aliphatic heterocycles. The number of amides is 1. The van der Waals surface area contributed by atoms with Crippen LogP contribution in [0.2, 0.25) is 0 Å². The van der Waals surface area contributed by atoms with Crippen LogP contribution < -0.4 is 10.8 Å². The van der Waals surface area contributed by atoms with E-state index in [4.69, 9.17) is 5.11 Å². The van der Waals surface area contributed by atoms with Gasteiger partial charge in [0.05, 0.1) is 0 Å². The number of aromatic nitrogens is 2. The van der Waals surface area contributed by atoms with Crippen molar-refractivity contribution in [3.8, 4) is 11.4 Å². The van der Waals surface area contributed by atoms with Crippen molar-refractivity contribution >= 4 is 11.9 Å². The third-order valence-corrected chi connectivity index (χ3v) is 3.12. The van der Waals surface area contributed by atoms with Crippen LogP contribution in [0.3, 0.4) is 0 Å². The molecule has 0 spiro atoms. The molecule has 0 aliphatic rings. The van der Waals surface area contributed by atoms with Crippen LogP contribution in [-0.4, -0.2) is 46.3 Å². The molecule has 1 amide bonds. The number of nitrogens with zero attached hydrogens (tertiary/aromatic N) is 2. The minimum absolute atomic E-state index is 0.153. The molecule has 27 heavy (non-hydrogen) atoms. The quantitative estimate of drug-likeness (QED) is 0.581. The predicted molar refractivity (Wildman–Crippen MR) is 83.3 cm³/mol. The Morgan fingerprint density at radius 3 is 2.52 bits per heavy atom. The summed E-state index contributed by atoms with van der Waals surface area (Å²) in [4.78, 5) is 30.3. The van der Waals surface area contributed by atoms with Gasteiger partial charge in [-0.15, -0.1) is 0 Å².